The van der Waals surface area contributed by atoms with Gasteiger partial charge in [0.25, 0.3) is 0 Å². The highest BCUT2D eigenvalue weighted by atomic mass is 16.3. The second-order valence-corrected chi connectivity index (χ2v) is 4.96. The molecule has 0 spiro atoms. The molecule has 0 saturated carbocycles. The molecular formula is C15H19NO. The van der Waals surface area contributed by atoms with Crippen LogP contribution in [0.1, 0.15) is 31.4 Å². The number of rotatable bonds is 4. The molecule has 1 aromatic heterocycles. The molecule has 2 nitrogen and oxygen atoms in total. The summed E-state index contributed by atoms with van der Waals surface area (Å²) in [7, 11) is 0. The van der Waals surface area contributed by atoms with Gasteiger partial charge in [-0.05, 0) is 48.1 Å². The molecule has 2 aromatic rings. The molecular weight excluding hydrogens is 210 g/mol. The van der Waals surface area contributed by atoms with Crippen molar-refractivity contribution in [3.63, 3.8) is 0 Å². The van der Waals surface area contributed by atoms with Gasteiger partial charge in [0.15, 0.2) is 0 Å². The van der Waals surface area contributed by atoms with Gasteiger partial charge in [-0.15, -0.1) is 0 Å². The zero-order chi connectivity index (χ0) is 12.3. The Labute approximate surface area is 102 Å². The molecule has 0 bridgehead atoms. The Morgan fingerprint density at radius 3 is 2.65 bits per heavy atom. The van der Waals surface area contributed by atoms with Crippen molar-refractivity contribution < 1.29 is 5.11 Å². The number of benzene rings is 1. The highest BCUT2D eigenvalue weighted by molar-refractivity contribution is 5.79. The van der Waals surface area contributed by atoms with E-state index in [9.17, 15) is 0 Å². The Morgan fingerprint density at radius 2 is 1.94 bits per heavy atom. The van der Waals surface area contributed by atoms with Crippen molar-refractivity contribution in [2.75, 3.05) is 0 Å². The normalized spacial score (nSPS) is 11.3. The van der Waals surface area contributed by atoms with Crippen molar-refractivity contribution in [3.8, 4) is 0 Å². The summed E-state index contributed by atoms with van der Waals surface area (Å²) in [6, 6.07) is 8.41. The molecule has 2 heteroatoms. The van der Waals surface area contributed by atoms with Gasteiger partial charge in [0.2, 0.25) is 0 Å². The van der Waals surface area contributed by atoms with E-state index in [2.05, 4.69) is 37.0 Å². The van der Waals surface area contributed by atoms with Crippen molar-refractivity contribution in [3.05, 3.63) is 41.6 Å². The number of pyridine rings is 1. The van der Waals surface area contributed by atoms with Gasteiger partial charge < -0.3 is 5.11 Å². The minimum Gasteiger partial charge on any atom is -0.392 e. The standard InChI is InChI=1S/C15H19NO/c1-11(2)3-4-12-5-6-15-14(7-12)8-13(10-17)9-16-15/h5-9,11,17H,3-4,10H2,1-2H3. The minimum atomic E-state index is 0.0547. The van der Waals surface area contributed by atoms with Crippen LogP contribution in [0.25, 0.3) is 10.9 Å². The predicted octanol–water partition coefficient (Wildman–Crippen LogP) is 3.32. The van der Waals surface area contributed by atoms with Crippen LogP contribution in [0.3, 0.4) is 0 Å². The van der Waals surface area contributed by atoms with Gasteiger partial charge in [-0.2, -0.15) is 0 Å². The topological polar surface area (TPSA) is 33.1 Å². The molecule has 17 heavy (non-hydrogen) atoms. The third kappa shape index (κ3) is 3.04. The summed E-state index contributed by atoms with van der Waals surface area (Å²) in [5, 5.41) is 10.2. The van der Waals surface area contributed by atoms with E-state index in [1.165, 1.54) is 12.0 Å². The van der Waals surface area contributed by atoms with E-state index in [1.807, 2.05) is 6.07 Å². The van der Waals surface area contributed by atoms with Gasteiger partial charge >= 0.3 is 0 Å². The van der Waals surface area contributed by atoms with Crippen LogP contribution in [0, 0.1) is 5.92 Å². The van der Waals surface area contributed by atoms with Crippen molar-refractivity contribution in [1.29, 1.82) is 0 Å². The number of aliphatic hydroxyl groups excluding tert-OH is 1. The molecule has 1 heterocycles. The molecule has 0 amide bonds. The van der Waals surface area contributed by atoms with Crippen molar-refractivity contribution in [2.24, 2.45) is 5.92 Å². The maximum absolute atomic E-state index is 9.10. The SMILES string of the molecule is CC(C)CCc1ccc2ncc(CO)cc2c1. The number of fused-ring (bicyclic) bond motifs is 1. The summed E-state index contributed by atoms with van der Waals surface area (Å²) in [5.41, 5.74) is 3.22. The molecule has 0 aliphatic carbocycles. The van der Waals surface area contributed by atoms with E-state index in [-0.39, 0.29) is 6.61 Å². The van der Waals surface area contributed by atoms with E-state index in [4.69, 9.17) is 5.11 Å². The third-order valence-corrected chi connectivity index (χ3v) is 3.00. The summed E-state index contributed by atoms with van der Waals surface area (Å²) >= 11 is 0. The van der Waals surface area contributed by atoms with Crippen LogP contribution >= 0.6 is 0 Å². The van der Waals surface area contributed by atoms with Crippen LogP contribution in [0.5, 0.6) is 0 Å². The molecule has 0 unspecified atom stereocenters. The van der Waals surface area contributed by atoms with Crippen LogP contribution < -0.4 is 0 Å². The summed E-state index contributed by atoms with van der Waals surface area (Å²) in [5.74, 6) is 0.729. The zero-order valence-electron chi connectivity index (χ0n) is 10.5. The van der Waals surface area contributed by atoms with Crippen molar-refractivity contribution in [2.45, 2.75) is 33.3 Å². The van der Waals surface area contributed by atoms with Crippen LogP contribution in [0.2, 0.25) is 0 Å². The highest BCUT2D eigenvalue weighted by Crippen LogP contribution is 2.17. The molecule has 0 radical (unpaired) electrons. The van der Waals surface area contributed by atoms with Crippen molar-refractivity contribution in [1.82, 2.24) is 4.98 Å². The van der Waals surface area contributed by atoms with E-state index in [1.54, 1.807) is 6.20 Å². The summed E-state index contributed by atoms with van der Waals surface area (Å²) in [4.78, 5) is 4.33. The summed E-state index contributed by atoms with van der Waals surface area (Å²) in [6.45, 7) is 4.54. The van der Waals surface area contributed by atoms with Gasteiger partial charge in [0.05, 0.1) is 12.1 Å². The second kappa shape index (κ2) is 5.28. The Balaban J connectivity index is 2.28. The third-order valence-electron chi connectivity index (χ3n) is 3.00. The summed E-state index contributed by atoms with van der Waals surface area (Å²) in [6.07, 6.45) is 4.05. The molecule has 0 saturated heterocycles. The molecule has 1 aromatic carbocycles. The number of aryl methyl sites for hydroxylation is 1. The monoisotopic (exact) mass is 229 g/mol. The Morgan fingerprint density at radius 1 is 1.18 bits per heavy atom. The van der Waals surface area contributed by atoms with E-state index >= 15 is 0 Å². The Kier molecular flexibility index (Phi) is 3.75. The van der Waals surface area contributed by atoms with Crippen LogP contribution in [0.15, 0.2) is 30.5 Å². The van der Waals surface area contributed by atoms with Crippen LogP contribution in [0.4, 0.5) is 0 Å². The molecule has 0 aliphatic rings. The highest BCUT2D eigenvalue weighted by Gasteiger charge is 2.01. The lowest BCUT2D eigenvalue weighted by molar-refractivity contribution is 0.281. The Bertz CT molecular complexity index is 505. The first kappa shape index (κ1) is 12.1. The smallest absolute Gasteiger partial charge is 0.0702 e. The fourth-order valence-corrected chi connectivity index (χ4v) is 1.92. The van der Waals surface area contributed by atoms with Gasteiger partial charge in [0.1, 0.15) is 0 Å². The van der Waals surface area contributed by atoms with Gasteiger partial charge in [-0.25, -0.2) is 0 Å². The largest absolute Gasteiger partial charge is 0.392 e. The molecule has 2 rings (SSSR count). The predicted molar refractivity (Wildman–Crippen MR) is 70.8 cm³/mol. The maximum Gasteiger partial charge on any atom is 0.0702 e. The first-order valence-corrected chi connectivity index (χ1v) is 6.17. The fraction of sp³-hybridized carbons (Fsp3) is 0.400. The molecule has 1 N–H and O–H groups in total. The first-order valence-electron chi connectivity index (χ1n) is 6.17. The minimum absolute atomic E-state index is 0.0547. The zero-order valence-corrected chi connectivity index (χ0v) is 10.5. The average molecular weight is 229 g/mol. The molecule has 90 valence electrons. The number of aromatic nitrogens is 1. The van der Waals surface area contributed by atoms with Gasteiger partial charge in [-0.1, -0.05) is 19.9 Å². The quantitative estimate of drug-likeness (QED) is 0.872. The number of hydrogen-bond donors (Lipinski definition) is 1. The lowest BCUT2D eigenvalue weighted by atomic mass is 10.0. The lowest BCUT2D eigenvalue weighted by Gasteiger charge is -2.06. The summed E-state index contributed by atoms with van der Waals surface area (Å²) < 4.78 is 0. The van der Waals surface area contributed by atoms with Crippen LogP contribution in [-0.2, 0) is 13.0 Å². The van der Waals surface area contributed by atoms with E-state index in [0.717, 1.165) is 28.8 Å². The number of aliphatic hydroxyl groups is 1. The van der Waals surface area contributed by atoms with Gasteiger partial charge in [0, 0.05) is 11.6 Å². The maximum atomic E-state index is 9.10. The second-order valence-electron chi connectivity index (χ2n) is 4.96. The van der Waals surface area contributed by atoms with Gasteiger partial charge in [-0.3, -0.25) is 4.98 Å². The van der Waals surface area contributed by atoms with Crippen molar-refractivity contribution >= 4 is 10.9 Å². The van der Waals surface area contributed by atoms with E-state index in [0.29, 0.717) is 0 Å². The lowest BCUT2D eigenvalue weighted by Crippen LogP contribution is -1.93. The molecule has 0 atom stereocenters. The molecule has 0 aliphatic heterocycles. The Hall–Kier alpha value is -1.41. The fourth-order valence-electron chi connectivity index (χ4n) is 1.92. The van der Waals surface area contributed by atoms with Crippen LogP contribution in [-0.4, -0.2) is 10.1 Å². The van der Waals surface area contributed by atoms with E-state index < -0.39 is 0 Å². The molecule has 0 fully saturated rings. The first-order chi connectivity index (χ1) is 8.19. The number of hydrogen-bond acceptors (Lipinski definition) is 2. The number of nitrogens with zero attached hydrogens (tertiary/aromatic N) is 1. The average Bonchev–Trinajstić information content (AvgIpc) is 2.35.